The molecular formula is C28H31BrN2O5. The van der Waals surface area contributed by atoms with Crippen LogP contribution in [0.2, 0.25) is 0 Å². The molecule has 3 aliphatic carbocycles. The first-order valence-electron chi connectivity index (χ1n) is 13.0. The lowest BCUT2D eigenvalue weighted by molar-refractivity contribution is -0.924. The summed E-state index contributed by atoms with van der Waals surface area (Å²) < 4.78 is 7.12. The quantitative estimate of drug-likeness (QED) is 0.442. The molecule has 3 fully saturated rings. The van der Waals surface area contributed by atoms with E-state index in [1.807, 2.05) is 18.2 Å². The van der Waals surface area contributed by atoms with E-state index in [0.717, 1.165) is 28.4 Å². The number of ether oxygens (including phenoxy) is 1. The Morgan fingerprint density at radius 2 is 1.94 bits per heavy atom. The lowest BCUT2D eigenvalue weighted by atomic mass is 9.48. The number of aromatic hydroxyl groups is 1. The van der Waals surface area contributed by atoms with E-state index in [9.17, 15) is 20.2 Å². The first kappa shape index (κ1) is 23.0. The molecule has 1 saturated heterocycles. The summed E-state index contributed by atoms with van der Waals surface area (Å²) in [4.78, 5) is 15.3. The smallest absolute Gasteiger partial charge is 0.253 e. The van der Waals surface area contributed by atoms with Gasteiger partial charge in [-0.15, -0.1) is 0 Å². The average molecular weight is 555 g/mol. The van der Waals surface area contributed by atoms with E-state index >= 15 is 0 Å². The van der Waals surface area contributed by atoms with E-state index in [-0.39, 0.29) is 22.3 Å². The van der Waals surface area contributed by atoms with Gasteiger partial charge in [0.2, 0.25) is 0 Å². The van der Waals surface area contributed by atoms with Crippen LogP contribution in [0.3, 0.4) is 0 Å². The zero-order valence-electron chi connectivity index (χ0n) is 20.3. The third-order valence-electron chi connectivity index (χ3n) is 9.93. The number of hydroxylamine groups is 3. The number of rotatable bonds is 4. The molecule has 2 bridgehead atoms. The Morgan fingerprint density at radius 1 is 1.19 bits per heavy atom. The van der Waals surface area contributed by atoms with Crippen molar-refractivity contribution in [1.29, 1.82) is 0 Å². The van der Waals surface area contributed by atoms with Gasteiger partial charge in [-0.05, 0) is 61.6 Å². The summed E-state index contributed by atoms with van der Waals surface area (Å²) >= 11 is 3.43. The van der Waals surface area contributed by atoms with Crippen LogP contribution in [0, 0.1) is 11.1 Å². The van der Waals surface area contributed by atoms with Gasteiger partial charge in [0.1, 0.15) is 17.7 Å². The van der Waals surface area contributed by atoms with Crippen LogP contribution in [0.4, 0.5) is 0 Å². The van der Waals surface area contributed by atoms with Gasteiger partial charge in [-0.3, -0.25) is 4.79 Å². The SMILES string of the molecule is CN(C(=O)c1ccc(Br)cc1)[C@H]1CC[C@@]2(O)[C@H]3Cc4ccc(O)c5c4C2(CC[N+]3([O-])CC2CC2)[C@H]1O5. The Kier molecular flexibility index (Phi) is 4.77. The number of likely N-dealkylation sites (N-methyl/N-ethyl adjacent to an activating group) is 1. The molecule has 2 aliphatic heterocycles. The van der Waals surface area contributed by atoms with Gasteiger partial charge in [-0.25, -0.2) is 0 Å². The molecule has 7 nitrogen and oxygen atoms in total. The van der Waals surface area contributed by atoms with Gasteiger partial charge >= 0.3 is 0 Å². The molecule has 2 saturated carbocycles. The normalized spacial score (nSPS) is 37.7. The number of piperidine rings is 1. The van der Waals surface area contributed by atoms with Crippen LogP contribution in [0.25, 0.3) is 0 Å². The molecule has 0 aromatic heterocycles. The Morgan fingerprint density at radius 3 is 2.67 bits per heavy atom. The van der Waals surface area contributed by atoms with Gasteiger partial charge in [-0.1, -0.05) is 22.0 Å². The Hall–Kier alpha value is -2.13. The molecule has 0 radical (unpaired) electrons. The van der Waals surface area contributed by atoms with Crippen LogP contribution >= 0.6 is 15.9 Å². The number of aliphatic hydroxyl groups is 1. The second kappa shape index (κ2) is 7.47. The number of phenolic OH excluding ortho intramolecular Hbond substituents is 1. The largest absolute Gasteiger partial charge is 0.632 e. The van der Waals surface area contributed by atoms with Crippen molar-refractivity contribution < 1.29 is 24.4 Å². The molecule has 2 aromatic rings. The highest BCUT2D eigenvalue weighted by Gasteiger charge is 2.76. The van der Waals surface area contributed by atoms with E-state index in [0.29, 0.717) is 56.0 Å². The van der Waals surface area contributed by atoms with Gasteiger partial charge in [0.25, 0.3) is 5.91 Å². The summed E-state index contributed by atoms with van der Waals surface area (Å²) in [6, 6.07) is 10.1. The molecule has 2 unspecified atom stereocenters. The fraction of sp³-hybridized carbons (Fsp3) is 0.536. The molecule has 1 spiro atoms. The lowest BCUT2D eigenvalue weighted by Crippen LogP contribution is -2.81. The number of halogens is 1. The van der Waals surface area contributed by atoms with Crippen LogP contribution in [-0.2, 0) is 11.8 Å². The highest BCUT2D eigenvalue weighted by Crippen LogP contribution is 2.67. The summed E-state index contributed by atoms with van der Waals surface area (Å²) in [6.07, 6.45) is 3.62. The van der Waals surface area contributed by atoms with Crippen molar-refractivity contribution in [3.63, 3.8) is 0 Å². The van der Waals surface area contributed by atoms with Crippen LogP contribution in [-0.4, -0.2) is 69.6 Å². The van der Waals surface area contributed by atoms with Crippen molar-refractivity contribution in [2.45, 2.75) is 67.7 Å². The summed E-state index contributed by atoms with van der Waals surface area (Å²) in [7, 11) is 1.80. The van der Waals surface area contributed by atoms with Crippen LogP contribution < -0.4 is 4.74 Å². The number of carbonyl (C=O) groups excluding carboxylic acids is 1. The molecule has 7 rings (SSSR count). The Labute approximate surface area is 219 Å². The van der Waals surface area contributed by atoms with E-state index in [2.05, 4.69) is 15.9 Å². The number of quaternary nitrogens is 1. The molecule has 6 atom stereocenters. The summed E-state index contributed by atoms with van der Waals surface area (Å²) in [6.45, 7) is 0.995. The number of carbonyl (C=O) groups is 1. The minimum atomic E-state index is -1.24. The highest BCUT2D eigenvalue weighted by atomic mass is 79.9. The number of phenols is 1. The molecule has 2 aromatic carbocycles. The van der Waals surface area contributed by atoms with Crippen molar-refractivity contribution in [2.24, 2.45) is 5.92 Å². The van der Waals surface area contributed by atoms with Gasteiger partial charge < -0.3 is 29.7 Å². The average Bonchev–Trinajstić information content (AvgIpc) is 3.59. The summed E-state index contributed by atoms with van der Waals surface area (Å²) in [5, 5.41) is 37.7. The van der Waals surface area contributed by atoms with E-state index < -0.39 is 23.2 Å². The predicted octanol–water partition coefficient (Wildman–Crippen LogP) is 3.87. The molecule has 2 heterocycles. The molecule has 8 heteroatoms. The summed E-state index contributed by atoms with van der Waals surface area (Å²) in [5.74, 6) is 0.840. The second-order valence-corrected chi connectivity index (χ2v) is 12.6. The zero-order valence-corrected chi connectivity index (χ0v) is 21.9. The highest BCUT2D eigenvalue weighted by molar-refractivity contribution is 9.10. The van der Waals surface area contributed by atoms with Crippen molar-refractivity contribution in [3.8, 4) is 11.5 Å². The molecule has 190 valence electrons. The van der Waals surface area contributed by atoms with Gasteiger partial charge in [0.05, 0.1) is 24.5 Å². The topological polar surface area (TPSA) is 93.1 Å². The maximum Gasteiger partial charge on any atom is 0.253 e. The fourth-order valence-corrected chi connectivity index (χ4v) is 8.34. The van der Waals surface area contributed by atoms with Gasteiger partial charge in [0.15, 0.2) is 11.5 Å². The fourth-order valence-electron chi connectivity index (χ4n) is 8.07. The van der Waals surface area contributed by atoms with Crippen molar-refractivity contribution >= 4 is 21.8 Å². The number of likely N-dealkylation sites (tertiary alicyclic amines) is 1. The monoisotopic (exact) mass is 554 g/mol. The number of benzene rings is 2. The van der Waals surface area contributed by atoms with Gasteiger partial charge in [0, 0.05) is 41.4 Å². The number of hydrogen-bond acceptors (Lipinski definition) is 5. The minimum absolute atomic E-state index is 0.0606. The van der Waals surface area contributed by atoms with E-state index in [1.54, 1.807) is 30.1 Å². The molecule has 2 N–H and O–H groups in total. The maximum absolute atomic E-state index is 14.3. The van der Waals surface area contributed by atoms with E-state index in [4.69, 9.17) is 4.74 Å². The number of nitrogens with zero attached hydrogens (tertiary/aromatic N) is 2. The van der Waals surface area contributed by atoms with Crippen LogP contribution in [0.5, 0.6) is 11.5 Å². The standard InChI is InChI=1S/C28H31BrN2O5/c1-30(26(33)17-4-7-19(29)8-5-17)20-10-11-28(34)22-14-18-6-9-21(32)24-23(18)27(28,25(20)36-24)12-13-31(22,35)15-16-2-3-16/h4-9,16,20,22,25,32,34H,2-3,10-15H2,1H3/t20-,22+,25-,27?,28+,31?/m0/s1. The first-order valence-corrected chi connectivity index (χ1v) is 13.8. The second-order valence-electron chi connectivity index (χ2n) is 11.7. The first-order chi connectivity index (χ1) is 17.2. The molecule has 5 aliphatic rings. The van der Waals surface area contributed by atoms with Crippen LogP contribution in [0.15, 0.2) is 40.9 Å². The Balaban J connectivity index is 1.33. The van der Waals surface area contributed by atoms with Crippen molar-refractivity contribution in [3.05, 3.63) is 62.8 Å². The third-order valence-corrected chi connectivity index (χ3v) is 10.5. The van der Waals surface area contributed by atoms with Crippen molar-refractivity contribution in [2.75, 3.05) is 20.1 Å². The Bertz CT molecular complexity index is 1270. The maximum atomic E-state index is 14.3. The van der Waals surface area contributed by atoms with Crippen LogP contribution in [0.1, 0.15) is 53.6 Å². The number of amides is 1. The zero-order chi connectivity index (χ0) is 25.0. The summed E-state index contributed by atoms with van der Waals surface area (Å²) in [5.41, 5.74) is 0.403. The van der Waals surface area contributed by atoms with Gasteiger partial charge in [-0.2, -0.15) is 0 Å². The molecule has 1 amide bonds. The molecular weight excluding hydrogens is 524 g/mol. The molecule has 36 heavy (non-hydrogen) atoms. The third kappa shape index (κ3) is 2.87. The van der Waals surface area contributed by atoms with Crippen molar-refractivity contribution in [1.82, 2.24) is 4.90 Å². The minimum Gasteiger partial charge on any atom is -0.632 e. The predicted molar refractivity (Wildman–Crippen MR) is 137 cm³/mol. The van der Waals surface area contributed by atoms with E-state index in [1.165, 1.54) is 0 Å². The number of hydrogen-bond donors (Lipinski definition) is 2. The lowest BCUT2D eigenvalue weighted by Gasteiger charge is -2.68.